The normalized spacial score (nSPS) is 11.4. The number of carbonyl (C=O) groups excluding carboxylic acids is 1. The molecular weight excluding hydrogens is 323 g/mol. The number of ether oxygens (including phenoxy) is 1. The second-order valence-corrected chi connectivity index (χ2v) is 5.01. The van der Waals surface area contributed by atoms with Crippen molar-refractivity contribution in [2.75, 3.05) is 20.2 Å². The molecule has 0 radical (unpaired) electrons. The molecule has 0 aromatic heterocycles. The van der Waals surface area contributed by atoms with Gasteiger partial charge in [0.1, 0.15) is 5.75 Å². The summed E-state index contributed by atoms with van der Waals surface area (Å²) in [7, 11) is 1.85. The number of amides is 1. The van der Waals surface area contributed by atoms with Gasteiger partial charge in [0.15, 0.2) is 0 Å². The van der Waals surface area contributed by atoms with Gasteiger partial charge in [-0.3, -0.25) is 4.79 Å². The van der Waals surface area contributed by atoms with Crippen LogP contribution in [0.3, 0.4) is 0 Å². The minimum atomic E-state index is -0.0489. The molecule has 20 heavy (non-hydrogen) atoms. The average Bonchev–Trinajstić information content (AvgIpc) is 2.38. The molecule has 0 heterocycles. The first-order valence-electron chi connectivity index (χ1n) is 6.04. The predicted molar refractivity (Wildman–Crippen MR) is 85.4 cm³/mol. The Morgan fingerprint density at radius 3 is 2.70 bits per heavy atom. The fourth-order valence-corrected chi connectivity index (χ4v) is 1.77. The molecule has 1 aromatic rings. The standard InChI is InChI=1S/C13H18Cl2N2O2.ClH/c1-9(16-2)8-17-13(18)5-6-19-12-4-3-10(14)7-11(12)15;/h3-4,7,9,16H,5-6,8H2,1-2H3,(H,17,18);1H. The molecule has 0 aliphatic carbocycles. The van der Waals surface area contributed by atoms with Crippen LogP contribution in [0.15, 0.2) is 18.2 Å². The molecule has 0 saturated carbocycles. The summed E-state index contributed by atoms with van der Waals surface area (Å²) >= 11 is 11.7. The number of carbonyl (C=O) groups is 1. The summed E-state index contributed by atoms with van der Waals surface area (Å²) in [6, 6.07) is 5.23. The van der Waals surface area contributed by atoms with E-state index < -0.39 is 0 Å². The van der Waals surface area contributed by atoms with Gasteiger partial charge in [-0.05, 0) is 32.2 Å². The van der Waals surface area contributed by atoms with Crippen molar-refractivity contribution < 1.29 is 9.53 Å². The van der Waals surface area contributed by atoms with Crippen LogP contribution >= 0.6 is 35.6 Å². The first-order chi connectivity index (χ1) is 9.02. The Morgan fingerprint density at radius 1 is 1.40 bits per heavy atom. The number of likely N-dealkylation sites (N-methyl/N-ethyl adjacent to an activating group) is 1. The summed E-state index contributed by atoms with van der Waals surface area (Å²) in [5.41, 5.74) is 0. The van der Waals surface area contributed by atoms with Crippen molar-refractivity contribution in [1.29, 1.82) is 0 Å². The highest BCUT2D eigenvalue weighted by atomic mass is 35.5. The minimum absolute atomic E-state index is 0. The van der Waals surface area contributed by atoms with Crippen LogP contribution in [0.1, 0.15) is 13.3 Å². The van der Waals surface area contributed by atoms with Crippen LogP contribution in [-0.2, 0) is 4.79 Å². The van der Waals surface area contributed by atoms with E-state index in [2.05, 4.69) is 10.6 Å². The third-order valence-electron chi connectivity index (χ3n) is 2.58. The van der Waals surface area contributed by atoms with Gasteiger partial charge < -0.3 is 15.4 Å². The van der Waals surface area contributed by atoms with Crippen molar-refractivity contribution in [3.63, 3.8) is 0 Å². The maximum absolute atomic E-state index is 11.5. The van der Waals surface area contributed by atoms with Crippen molar-refractivity contribution >= 4 is 41.5 Å². The number of rotatable bonds is 7. The monoisotopic (exact) mass is 340 g/mol. The van der Waals surface area contributed by atoms with Crippen LogP contribution < -0.4 is 15.4 Å². The topological polar surface area (TPSA) is 50.4 Å². The van der Waals surface area contributed by atoms with Crippen molar-refractivity contribution in [2.24, 2.45) is 0 Å². The number of hydrogen-bond acceptors (Lipinski definition) is 3. The molecule has 1 rings (SSSR count). The van der Waals surface area contributed by atoms with Gasteiger partial charge in [-0.25, -0.2) is 0 Å². The maximum atomic E-state index is 11.5. The lowest BCUT2D eigenvalue weighted by molar-refractivity contribution is -0.121. The fraction of sp³-hybridized carbons (Fsp3) is 0.462. The predicted octanol–water partition coefficient (Wildman–Crippen LogP) is 2.91. The molecule has 0 aliphatic heterocycles. The van der Waals surface area contributed by atoms with E-state index in [1.807, 2.05) is 14.0 Å². The molecule has 7 heteroatoms. The third-order valence-corrected chi connectivity index (χ3v) is 3.11. The Labute approximate surface area is 135 Å². The summed E-state index contributed by atoms with van der Waals surface area (Å²) in [5.74, 6) is 0.481. The molecule has 1 unspecified atom stereocenters. The molecule has 1 aromatic carbocycles. The van der Waals surface area contributed by atoms with Crippen molar-refractivity contribution in [3.8, 4) is 5.75 Å². The Balaban J connectivity index is 0.00000361. The zero-order chi connectivity index (χ0) is 14.3. The molecule has 4 nitrogen and oxygen atoms in total. The highest BCUT2D eigenvalue weighted by Gasteiger charge is 2.06. The summed E-state index contributed by atoms with van der Waals surface area (Å²) < 4.78 is 5.43. The third kappa shape index (κ3) is 7.20. The Hall–Kier alpha value is -0.680. The Morgan fingerprint density at radius 2 is 2.10 bits per heavy atom. The van der Waals surface area contributed by atoms with Crippen LogP contribution in [0, 0.1) is 0 Å². The van der Waals surface area contributed by atoms with Gasteiger partial charge in [-0.1, -0.05) is 23.2 Å². The molecule has 1 amide bonds. The highest BCUT2D eigenvalue weighted by Crippen LogP contribution is 2.27. The van der Waals surface area contributed by atoms with Crippen LogP contribution in [0.4, 0.5) is 0 Å². The highest BCUT2D eigenvalue weighted by molar-refractivity contribution is 6.35. The fourth-order valence-electron chi connectivity index (χ4n) is 1.30. The number of halogens is 3. The summed E-state index contributed by atoms with van der Waals surface area (Å²) in [5, 5.41) is 6.84. The van der Waals surface area contributed by atoms with E-state index in [1.165, 1.54) is 0 Å². The van der Waals surface area contributed by atoms with Gasteiger partial charge in [0.25, 0.3) is 0 Å². The lowest BCUT2D eigenvalue weighted by atomic mass is 10.3. The lowest BCUT2D eigenvalue weighted by Gasteiger charge is -2.12. The van der Waals surface area contributed by atoms with Crippen molar-refractivity contribution in [2.45, 2.75) is 19.4 Å². The number of hydrogen-bond donors (Lipinski definition) is 2. The quantitative estimate of drug-likeness (QED) is 0.802. The lowest BCUT2D eigenvalue weighted by Crippen LogP contribution is -2.37. The SMILES string of the molecule is CNC(C)CNC(=O)CCOc1ccc(Cl)cc1Cl.Cl. The second-order valence-electron chi connectivity index (χ2n) is 4.17. The second kappa shape index (κ2) is 10.1. The smallest absolute Gasteiger partial charge is 0.223 e. The Bertz CT molecular complexity index is 430. The van der Waals surface area contributed by atoms with Crippen LogP contribution in [0.2, 0.25) is 10.0 Å². The largest absolute Gasteiger partial charge is 0.491 e. The van der Waals surface area contributed by atoms with Gasteiger partial charge in [-0.2, -0.15) is 0 Å². The maximum Gasteiger partial charge on any atom is 0.223 e. The van der Waals surface area contributed by atoms with Gasteiger partial charge in [0.05, 0.1) is 18.1 Å². The minimum Gasteiger partial charge on any atom is -0.491 e. The van der Waals surface area contributed by atoms with Gasteiger partial charge >= 0.3 is 0 Å². The summed E-state index contributed by atoms with van der Waals surface area (Å²) in [6.45, 7) is 2.86. The molecule has 0 bridgehead atoms. The van der Waals surface area contributed by atoms with E-state index in [0.29, 0.717) is 22.3 Å². The molecule has 1 atom stereocenters. The Kier molecular flexibility index (Phi) is 9.76. The molecular formula is C13H19Cl3N2O2. The van der Waals surface area contributed by atoms with Gasteiger partial charge in [-0.15, -0.1) is 12.4 Å². The van der Waals surface area contributed by atoms with E-state index in [9.17, 15) is 4.79 Å². The summed E-state index contributed by atoms with van der Waals surface area (Å²) in [4.78, 5) is 11.5. The average molecular weight is 342 g/mol. The number of nitrogens with one attached hydrogen (secondary N) is 2. The molecule has 0 fully saturated rings. The van der Waals surface area contributed by atoms with E-state index >= 15 is 0 Å². The molecule has 2 N–H and O–H groups in total. The first-order valence-corrected chi connectivity index (χ1v) is 6.80. The van der Waals surface area contributed by atoms with Crippen LogP contribution in [0.5, 0.6) is 5.75 Å². The van der Waals surface area contributed by atoms with E-state index in [0.717, 1.165) is 0 Å². The molecule has 0 spiro atoms. The zero-order valence-electron chi connectivity index (χ0n) is 11.4. The molecule has 114 valence electrons. The summed E-state index contributed by atoms with van der Waals surface area (Å²) in [6.07, 6.45) is 0.287. The van der Waals surface area contributed by atoms with Gasteiger partial charge in [0, 0.05) is 17.6 Å². The first kappa shape index (κ1) is 19.3. The van der Waals surface area contributed by atoms with Crippen LogP contribution in [-0.4, -0.2) is 32.1 Å². The van der Waals surface area contributed by atoms with E-state index in [1.54, 1.807) is 18.2 Å². The molecule has 0 saturated heterocycles. The van der Waals surface area contributed by atoms with Crippen LogP contribution in [0.25, 0.3) is 0 Å². The van der Waals surface area contributed by atoms with Crippen molar-refractivity contribution in [3.05, 3.63) is 28.2 Å². The van der Waals surface area contributed by atoms with E-state index in [-0.39, 0.29) is 37.4 Å². The van der Waals surface area contributed by atoms with E-state index in [4.69, 9.17) is 27.9 Å². The zero-order valence-corrected chi connectivity index (χ0v) is 13.7. The van der Waals surface area contributed by atoms with Crippen molar-refractivity contribution in [1.82, 2.24) is 10.6 Å². The van der Waals surface area contributed by atoms with Gasteiger partial charge in [0.2, 0.25) is 5.91 Å². The molecule has 0 aliphatic rings. The number of benzene rings is 1.